The highest BCUT2D eigenvalue weighted by Crippen LogP contribution is 2.31. The lowest BCUT2D eigenvalue weighted by Crippen LogP contribution is -2.39. The summed E-state index contributed by atoms with van der Waals surface area (Å²) >= 11 is 0. The van der Waals surface area contributed by atoms with Crippen molar-refractivity contribution in [1.29, 1.82) is 0 Å². The van der Waals surface area contributed by atoms with E-state index in [1.54, 1.807) is 0 Å². The number of anilines is 2. The molecule has 2 N–H and O–H groups in total. The molecule has 2 aliphatic rings. The number of amides is 3. The Bertz CT molecular complexity index is 1730. The van der Waals surface area contributed by atoms with Gasteiger partial charge in [-0.3, -0.25) is 14.4 Å². The maximum atomic E-state index is 14.2. The van der Waals surface area contributed by atoms with Gasteiger partial charge in [-0.25, -0.2) is 4.68 Å². The summed E-state index contributed by atoms with van der Waals surface area (Å²) in [5.41, 5.74) is 1.87. The van der Waals surface area contributed by atoms with Crippen molar-refractivity contribution in [2.24, 2.45) is 5.73 Å². The van der Waals surface area contributed by atoms with Crippen LogP contribution in [0.25, 0.3) is 5.69 Å². The van der Waals surface area contributed by atoms with Crippen molar-refractivity contribution in [3.8, 4) is 11.4 Å². The molecule has 0 aliphatic carbocycles. The Balaban J connectivity index is 1.74. The molecule has 1 aromatic heterocycles. The fourth-order valence-corrected chi connectivity index (χ4v) is 3.76. The molecule has 3 amide bonds. The highest BCUT2D eigenvalue weighted by Gasteiger charge is 2.34. The molecule has 3 heterocycles. The first-order valence-electron chi connectivity index (χ1n) is 15.8. The van der Waals surface area contributed by atoms with Crippen molar-refractivity contribution < 1.29 is 34.2 Å². The number of hydrogen-bond acceptors (Lipinski definition) is 5. The third-order valence-corrected chi connectivity index (χ3v) is 5.43. The second kappa shape index (κ2) is 8.66. The standard InChI is InChI=1S/C25H25N5O4/c1-34-19-11-9-18(10-12-19)30-23-20(22(27-30)24(26)32)13-15-29(25(23)33)17-7-5-16(6-8-17)28-14-3-2-4-21(28)31/h5-12H,2-4,13-15H2,1H3,(H2,26,32)/i1D3,5D,6D,7D,8D,13D2,15D2. The quantitative estimate of drug-likeness (QED) is 0.616. The molecule has 2 aliphatic heterocycles. The predicted molar refractivity (Wildman–Crippen MR) is 127 cm³/mol. The topological polar surface area (TPSA) is 111 Å². The number of nitrogens with zero attached hydrogens (tertiary/aromatic N) is 4. The smallest absolute Gasteiger partial charge is 0.277 e. The van der Waals surface area contributed by atoms with Crippen LogP contribution in [-0.4, -0.2) is 47.6 Å². The lowest BCUT2D eigenvalue weighted by Gasteiger charge is -2.29. The van der Waals surface area contributed by atoms with Gasteiger partial charge in [-0.2, -0.15) is 5.10 Å². The molecule has 34 heavy (non-hydrogen) atoms. The zero-order valence-corrected chi connectivity index (χ0v) is 17.6. The summed E-state index contributed by atoms with van der Waals surface area (Å²) in [6.07, 6.45) is -2.04. The molecule has 0 radical (unpaired) electrons. The molecule has 0 atom stereocenters. The van der Waals surface area contributed by atoms with Gasteiger partial charge in [-0.05, 0) is 67.6 Å². The zero-order chi connectivity index (χ0) is 33.4. The number of benzene rings is 2. The number of methoxy groups -OCH3 is 1. The van der Waals surface area contributed by atoms with Gasteiger partial charge in [0.1, 0.15) is 11.4 Å². The minimum Gasteiger partial charge on any atom is -0.497 e. The van der Waals surface area contributed by atoms with Crippen LogP contribution in [0.3, 0.4) is 0 Å². The molecule has 1 saturated heterocycles. The highest BCUT2D eigenvalue weighted by molar-refractivity contribution is 6.09. The van der Waals surface area contributed by atoms with Gasteiger partial charge in [0, 0.05) is 39.1 Å². The number of hydrogen-bond donors (Lipinski definition) is 1. The summed E-state index contributed by atoms with van der Waals surface area (Å²) in [5.74, 6) is -3.22. The summed E-state index contributed by atoms with van der Waals surface area (Å²) in [4.78, 5) is 40.5. The number of aromatic nitrogens is 2. The molecular formula is C25H25N5O4. The average Bonchev–Trinajstić information content (AvgIpc) is 3.36. The Morgan fingerprint density at radius 2 is 1.79 bits per heavy atom. The van der Waals surface area contributed by atoms with Gasteiger partial charge < -0.3 is 20.3 Å². The van der Waals surface area contributed by atoms with E-state index in [1.165, 1.54) is 24.3 Å². The van der Waals surface area contributed by atoms with E-state index in [-0.39, 0.29) is 35.0 Å². The minimum absolute atomic E-state index is 0.0262. The Hall–Kier alpha value is -4.14. The SMILES string of the molecule is [2H]c1c([2H])c(N2C(=O)c3c(c(C(N)=O)nn3-c3ccc(OC([2H])([2H])[2H])cc3)C([2H])([2H])C2([2H])[2H])c([2H])c([2H])c1N1CCCCC1=O. The third-order valence-electron chi connectivity index (χ3n) is 5.43. The number of ether oxygens (including phenoxy) is 1. The van der Waals surface area contributed by atoms with Crippen LogP contribution in [-0.2, 0) is 11.2 Å². The molecule has 0 spiro atoms. The summed E-state index contributed by atoms with van der Waals surface area (Å²) in [7, 11) is -2.78. The second-order valence-corrected chi connectivity index (χ2v) is 7.52. The molecule has 0 saturated carbocycles. The highest BCUT2D eigenvalue weighted by atomic mass is 16.5. The maximum absolute atomic E-state index is 14.2. The minimum atomic E-state index is -3.43. The molecule has 1 fully saturated rings. The monoisotopic (exact) mass is 470 g/mol. The predicted octanol–water partition coefficient (Wildman–Crippen LogP) is 2.70. The molecule has 2 aromatic carbocycles. The van der Waals surface area contributed by atoms with E-state index in [0.29, 0.717) is 12.8 Å². The van der Waals surface area contributed by atoms with E-state index >= 15 is 0 Å². The van der Waals surface area contributed by atoms with Crippen molar-refractivity contribution in [1.82, 2.24) is 9.78 Å². The summed E-state index contributed by atoms with van der Waals surface area (Å²) in [5, 5.41) is 3.99. The number of carbonyl (C=O) groups excluding carboxylic acids is 3. The third kappa shape index (κ3) is 3.68. The van der Waals surface area contributed by atoms with Crippen LogP contribution in [0.15, 0.2) is 48.4 Å². The molecule has 174 valence electrons. The van der Waals surface area contributed by atoms with Crippen LogP contribution in [0, 0.1) is 0 Å². The Morgan fingerprint density at radius 1 is 1.09 bits per heavy atom. The van der Waals surface area contributed by atoms with Crippen LogP contribution in [0.2, 0.25) is 0 Å². The van der Waals surface area contributed by atoms with Gasteiger partial charge in [0.2, 0.25) is 5.91 Å². The van der Waals surface area contributed by atoms with Gasteiger partial charge >= 0.3 is 0 Å². The first kappa shape index (κ1) is 12.4. The molecule has 0 bridgehead atoms. The summed E-state index contributed by atoms with van der Waals surface area (Å²) < 4.78 is 97.1. The van der Waals surface area contributed by atoms with Crippen molar-refractivity contribution in [2.45, 2.75) is 25.6 Å². The van der Waals surface area contributed by atoms with E-state index in [0.717, 1.165) is 9.58 Å². The van der Waals surface area contributed by atoms with Crippen LogP contribution < -0.4 is 20.3 Å². The van der Waals surface area contributed by atoms with Crippen molar-refractivity contribution in [3.63, 3.8) is 0 Å². The second-order valence-electron chi connectivity index (χ2n) is 7.52. The summed E-state index contributed by atoms with van der Waals surface area (Å²) in [6, 6.07) is 1.55. The summed E-state index contributed by atoms with van der Waals surface area (Å²) in [6.45, 7) is -3.31. The number of piperidine rings is 1. The molecular weight excluding hydrogens is 434 g/mol. The van der Waals surface area contributed by atoms with Crippen molar-refractivity contribution >= 4 is 29.1 Å². The lowest BCUT2D eigenvalue weighted by atomic mass is 10.0. The first-order chi connectivity index (χ1) is 20.8. The normalized spacial score (nSPS) is 23.9. The van der Waals surface area contributed by atoms with Gasteiger partial charge in [-0.1, -0.05) is 0 Å². The van der Waals surface area contributed by atoms with Crippen molar-refractivity contribution in [3.05, 3.63) is 65.4 Å². The van der Waals surface area contributed by atoms with E-state index in [9.17, 15) is 14.4 Å². The average molecular weight is 471 g/mol. The van der Waals surface area contributed by atoms with Crippen LogP contribution in [0.4, 0.5) is 11.4 Å². The Kier molecular flexibility index (Phi) is 3.15. The van der Waals surface area contributed by atoms with Gasteiger partial charge in [0.15, 0.2) is 5.69 Å². The first-order valence-corrected chi connectivity index (χ1v) is 10.3. The van der Waals surface area contributed by atoms with E-state index in [2.05, 4.69) is 5.10 Å². The molecule has 9 nitrogen and oxygen atoms in total. The van der Waals surface area contributed by atoms with E-state index in [4.69, 9.17) is 25.5 Å². The molecule has 9 heteroatoms. The Morgan fingerprint density at radius 3 is 2.44 bits per heavy atom. The van der Waals surface area contributed by atoms with Gasteiger partial charge in [-0.15, -0.1) is 0 Å². The van der Waals surface area contributed by atoms with Crippen LogP contribution >= 0.6 is 0 Å². The van der Waals surface area contributed by atoms with Crippen molar-refractivity contribution in [2.75, 3.05) is 29.9 Å². The molecule has 5 rings (SSSR count). The fraction of sp³-hybridized carbons (Fsp3) is 0.280. The van der Waals surface area contributed by atoms with E-state index in [1.807, 2.05) is 0 Å². The maximum Gasteiger partial charge on any atom is 0.277 e. The van der Waals surface area contributed by atoms with Gasteiger partial charge in [0.05, 0.1) is 25.1 Å². The number of rotatable bonds is 5. The molecule has 0 unspecified atom stereocenters. The lowest BCUT2D eigenvalue weighted by molar-refractivity contribution is -0.119. The largest absolute Gasteiger partial charge is 0.497 e. The molecule has 3 aromatic rings. The fourth-order valence-electron chi connectivity index (χ4n) is 3.76. The number of fused-ring (bicyclic) bond motifs is 1. The van der Waals surface area contributed by atoms with E-state index < -0.39 is 84.4 Å². The number of carbonyl (C=O) groups is 3. The van der Waals surface area contributed by atoms with Crippen LogP contribution in [0.1, 0.15) is 60.9 Å². The van der Waals surface area contributed by atoms with Gasteiger partial charge in [0.25, 0.3) is 11.8 Å². The number of nitrogens with two attached hydrogens (primary N) is 1. The van der Waals surface area contributed by atoms with Crippen LogP contribution in [0.5, 0.6) is 5.75 Å². The zero-order valence-electron chi connectivity index (χ0n) is 28.6. The number of primary amides is 1. The Labute approximate surface area is 212 Å².